The van der Waals surface area contributed by atoms with Gasteiger partial charge >= 0.3 is 0 Å². The molecule has 0 spiro atoms. The van der Waals surface area contributed by atoms with Crippen LogP contribution in [0.25, 0.3) is 0 Å². The van der Waals surface area contributed by atoms with Gasteiger partial charge in [0.15, 0.2) is 0 Å². The van der Waals surface area contributed by atoms with Crippen LogP contribution in [0.15, 0.2) is 52.8 Å². The van der Waals surface area contributed by atoms with Crippen LogP contribution in [0.1, 0.15) is 32.4 Å². The Bertz CT molecular complexity index is 419. The zero-order valence-electron chi connectivity index (χ0n) is 10.2. The van der Waals surface area contributed by atoms with Gasteiger partial charge in [-0.3, -0.25) is 4.98 Å². The standard InChI is InChI=1S/C14H17ClN2/c1-3-5-6-10-13(17-14(15)4-2)12-9-7-8-11-16-12/h4,6-11H,3,5H2,1-2H3/b10-6+,14-4-,17-13-. The Labute approximate surface area is 108 Å². The number of aliphatic imine (C=N–C) groups is 1. The molecule has 0 saturated carbocycles. The maximum absolute atomic E-state index is 5.93. The average molecular weight is 249 g/mol. The van der Waals surface area contributed by atoms with Gasteiger partial charge in [0.2, 0.25) is 0 Å². The molecule has 0 unspecified atom stereocenters. The summed E-state index contributed by atoms with van der Waals surface area (Å²) in [4.78, 5) is 8.61. The zero-order chi connectivity index (χ0) is 12.5. The second kappa shape index (κ2) is 7.80. The first-order valence-electron chi connectivity index (χ1n) is 5.76. The van der Waals surface area contributed by atoms with Crippen molar-refractivity contribution in [2.45, 2.75) is 26.7 Å². The molecule has 0 N–H and O–H groups in total. The van der Waals surface area contributed by atoms with E-state index in [0.717, 1.165) is 24.2 Å². The lowest BCUT2D eigenvalue weighted by molar-refractivity contribution is 0.959. The molecule has 0 aromatic carbocycles. The second-order valence-electron chi connectivity index (χ2n) is 3.51. The molecule has 0 radical (unpaired) electrons. The van der Waals surface area contributed by atoms with Crippen LogP contribution in [-0.4, -0.2) is 10.7 Å². The van der Waals surface area contributed by atoms with Crippen LogP contribution in [0.3, 0.4) is 0 Å². The minimum atomic E-state index is 0.479. The van der Waals surface area contributed by atoms with Crippen molar-refractivity contribution in [1.29, 1.82) is 0 Å². The van der Waals surface area contributed by atoms with Gasteiger partial charge in [-0.15, -0.1) is 0 Å². The van der Waals surface area contributed by atoms with Crippen LogP contribution < -0.4 is 0 Å². The Balaban J connectivity index is 2.99. The smallest absolute Gasteiger partial charge is 0.125 e. The summed E-state index contributed by atoms with van der Waals surface area (Å²) in [6, 6.07) is 5.75. The third-order valence-electron chi connectivity index (χ3n) is 2.12. The lowest BCUT2D eigenvalue weighted by Gasteiger charge is -2.00. The summed E-state index contributed by atoms with van der Waals surface area (Å²) in [7, 11) is 0. The van der Waals surface area contributed by atoms with Gasteiger partial charge in [0.05, 0.1) is 11.4 Å². The lowest BCUT2D eigenvalue weighted by Crippen LogP contribution is -1.99. The van der Waals surface area contributed by atoms with E-state index in [2.05, 4.69) is 23.0 Å². The van der Waals surface area contributed by atoms with Crippen molar-refractivity contribution >= 4 is 17.3 Å². The van der Waals surface area contributed by atoms with E-state index in [1.165, 1.54) is 0 Å². The lowest BCUT2D eigenvalue weighted by atomic mass is 10.2. The first-order chi connectivity index (χ1) is 8.27. The molecule has 90 valence electrons. The maximum atomic E-state index is 5.93. The van der Waals surface area contributed by atoms with Crippen molar-refractivity contribution in [2.24, 2.45) is 4.99 Å². The number of pyridine rings is 1. The Morgan fingerprint density at radius 3 is 2.88 bits per heavy atom. The second-order valence-corrected chi connectivity index (χ2v) is 3.90. The van der Waals surface area contributed by atoms with E-state index >= 15 is 0 Å². The number of rotatable bonds is 5. The number of aromatic nitrogens is 1. The van der Waals surface area contributed by atoms with E-state index in [-0.39, 0.29) is 0 Å². The zero-order valence-corrected chi connectivity index (χ0v) is 11.0. The van der Waals surface area contributed by atoms with Gasteiger partial charge in [-0.05, 0) is 31.6 Å². The summed E-state index contributed by atoms with van der Waals surface area (Å²) < 4.78 is 0. The Hall–Kier alpha value is -1.41. The highest BCUT2D eigenvalue weighted by atomic mass is 35.5. The SMILES string of the molecule is C\C=C(Cl)/N=C(/C=C/CCC)c1ccccn1. The van der Waals surface area contributed by atoms with Gasteiger partial charge in [0, 0.05) is 6.20 Å². The minimum absolute atomic E-state index is 0.479. The minimum Gasteiger partial charge on any atom is -0.255 e. The summed E-state index contributed by atoms with van der Waals surface area (Å²) in [5, 5.41) is 0.479. The van der Waals surface area contributed by atoms with Crippen molar-refractivity contribution in [3.05, 3.63) is 53.5 Å². The van der Waals surface area contributed by atoms with E-state index < -0.39 is 0 Å². The fourth-order valence-electron chi connectivity index (χ4n) is 1.24. The normalized spacial score (nSPS) is 13.4. The number of hydrogen-bond donors (Lipinski definition) is 0. The van der Waals surface area contributed by atoms with E-state index in [4.69, 9.17) is 11.6 Å². The Morgan fingerprint density at radius 2 is 2.29 bits per heavy atom. The molecule has 0 atom stereocenters. The third-order valence-corrected chi connectivity index (χ3v) is 2.43. The van der Waals surface area contributed by atoms with Crippen LogP contribution in [0.2, 0.25) is 0 Å². The predicted molar refractivity (Wildman–Crippen MR) is 74.4 cm³/mol. The molecule has 2 nitrogen and oxygen atoms in total. The number of hydrogen-bond acceptors (Lipinski definition) is 2. The van der Waals surface area contributed by atoms with Crippen molar-refractivity contribution in [3.8, 4) is 0 Å². The quantitative estimate of drug-likeness (QED) is 0.563. The van der Waals surface area contributed by atoms with Gasteiger partial charge in [-0.25, -0.2) is 4.99 Å². The molecule has 0 amide bonds. The fraction of sp³-hybridized carbons (Fsp3) is 0.286. The summed E-state index contributed by atoms with van der Waals surface area (Å²) in [6.45, 7) is 4.00. The summed E-state index contributed by atoms with van der Waals surface area (Å²) >= 11 is 5.93. The Morgan fingerprint density at radius 1 is 1.47 bits per heavy atom. The highest BCUT2D eigenvalue weighted by Crippen LogP contribution is 2.08. The van der Waals surface area contributed by atoms with Gasteiger partial charge < -0.3 is 0 Å². The summed E-state index contributed by atoms with van der Waals surface area (Å²) in [5.74, 6) is 0. The third kappa shape index (κ3) is 4.96. The number of halogens is 1. The first kappa shape index (κ1) is 13.7. The van der Waals surface area contributed by atoms with E-state index in [1.807, 2.05) is 31.2 Å². The molecule has 0 bridgehead atoms. The predicted octanol–water partition coefficient (Wildman–Crippen LogP) is 4.33. The molecule has 1 heterocycles. The van der Waals surface area contributed by atoms with E-state index in [0.29, 0.717) is 5.16 Å². The molecule has 1 aromatic heterocycles. The fourth-order valence-corrected chi connectivity index (χ4v) is 1.33. The average Bonchev–Trinajstić information content (AvgIpc) is 2.38. The van der Waals surface area contributed by atoms with Crippen molar-refractivity contribution < 1.29 is 0 Å². The van der Waals surface area contributed by atoms with Gasteiger partial charge in [-0.2, -0.15) is 0 Å². The van der Waals surface area contributed by atoms with Crippen LogP contribution in [0, 0.1) is 0 Å². The monoisotopic (exact) mass is 248 g/mol. The molecule has 0 aliphatic carbocycles. The molecule has 0 saturated heterocycles. The van der Waals surface area contributed by atoms with Crippen LogP contribution in [-0.2, 0) is 0 Å². The molecule has 1 aromatic rings. The number of unbranched alkanes of at least 4 members (excludes halogenated alkanes) is 1. The number of nitrogens with zero attached hydrogens (tertiary/aromatic N) is 2. The van der Waals surface area contributed by atoms with Gasteiger partial charge in [-0.1, -0.05) is 43.2 Å². The first-order valence-corrected chi connectivity index (χ1v) is 6.14. The van der Waals surface area contributed by atoms with E-state index in [1.54, 1.807) is 12.3 Å². The van der Waals surface area contributed by atoms with Gasteiger partial charge in [0.1, 0.15) is 5.16 Å². The largest absolute Gasteiger partial charge is 0.255 e. The highest BCUT2D eigenvalue weighted by molar-refractivity contribution is 6.30. The van der Waals surface area contributed by atoms with Crippen LogP contribution in [0.4, 0.5) is 0 Å². The van der Waals surface area contributed by atoms with Crippen LogP contribution in [0.5, 0.6) is 0 Å². The molecular formula is C14H17ClN2. The van der Waals surface area contributed by atoms with Gasteiger partial charge in [0.25, 0.3) is 0 Å². The summed E-state index contributed by atoms with van der Waals surface area (Å²) in [5.41, 5.74) is 1.63. The highest BCUT2D eigenvalue weighted by Gasteiger charge is 2.00. The van der Waals surface area contributed by atoms with Crippen molar-refractivity contribution in [1.82, 2.24) is 4.98 Å². The Kier molecular flexibility index (Phi) is 6.26. The molecule has 0 fully saturated rings. The molecule has 0 aliphatic rings. The molecule has 0 aliphatic heterocycles. The molecule has 1 rings (SSSR count). The van der Waals surface area contributed by atoms with E-state index in [9.17, 15) is 0 Å². The molecule has 3 heteroatoms. The molecular weight excluding hydrogens is 232 g/mol. The van der Waals surface area contributed by atoms with Crippen molar-refractivity contribution in [2.75, 3.05) is 0 Å². The summed E-state index contributed by atoms with van der Waals surface area (Å²) in [6.07, 6.45) is 9.72. The van der Waals surface area contributed by atoms with Crippen molar-refractivity contribution in [3.63, 3.8) is 0 Å². The van der Waals surface area contributed by atoms with Crippen LogP contribution >= 0.6 is 11.6 Å². The number of allylic oxidation sites excluding steroid dienone is 3. The molecule has 17 heavy (non-hydrogen) atoms. The maximum Gasteiger partial charge on any atom is 0.125 e. The topological polar surface area (TPSA) is 25.2 Å².